The number of nitrogens with one attached hydrogen (secondary N) is 1. The SMILES string of the molecule is CCO[SiH2]C(C)(C)N1CCNC1. The summed E-state index contributed by atoms with van der Waals surface area (Å²) in [6.07, 6.45) is 0. The van der Waals surface area contributed by atoms with Crippen LogP contribution in [0.15, 0.2) is 0 Å². The van der Waals surface area contributed by atoms with E-state index in [1.54, 1.807) is 0 Å². The lowest BCUT2D eigenvalue weighted by atomic mass is 10.3. The van der Waals surface area contributed by atoms with Gasteiger partial charge in [-0.15, -0.1) is 0 Å². The van der Waals surface area contributed by atoms with Crippen molar-refractivity contribution in [2.45, 2.75) is 25.9 Å². The summed E-state index contributed by atoms with van der Waals surface area (Å²) < 4.78 is 5.58. The lowest BCUT2D eigenvalue weighted by Gasteiger charge is -2.33. The van der Waals surface area contributed by atoms with Crippen molar-refractivity contribution >= 4 is 9.76 Å². The predicted octanol–water partition coefficient (Wildman–Crippen LogP) is -0.294. The Balaban J connectivity index is 2.34. The molecule has 0 bridgehead atoms. The zero-order valence-electron chi connectivity index (χ0n) is 8.39. The second kappa shape index (κ2) is 4.37. The minimum Gasteiger partial charge on any atom is -0.422 e. The molecule has 1 fully saturated rings. The molecule has 12 heavy (non-hydrogen) atoms. The third kappa shape index (κ3) is 2.55. The van der Waals surface area contributed by atoms with Crippen LogP contribution in [-0.4, -0.2) is 46.2 Å². The van der Waals surface area contributed by atoms with Crippen LogP contribution < -0.4 is 5.32 Å². The van der Waals surface area contributed by atoms with Crippen molar-refractivity contribution < 1.29 is 4.43 Å². The lowest BCUT2D eigenvalue weighted by Crippen LogP contribution is -2.48. The highest BCUT2D eigenvalue weighted by Crippen LogP contribution is 2.13. The van der Waals surface area contributed by atoms with Gasteiger partial charge in [0, 0.05) is 31.5 Å². The second-order valence-corrected chi connectivity index (χ2v) is 6.30. The first-order valence-corrected chi connectivity index (χ1v) is 5.99. The molecule has 1 heterocycles. The smallest absolute Gasteiger partial charge is 0.180 e. The Bertz CT molecular complexity index is 135. The van der Waals surface area contributed by atoms with Gasteiger partial charge in [-0.2, -0.15) is 0 Å². The first kappa shape index (κ1) is 10.2. The molecular weight excluding hydrogens is 168 g/mol. The molecule has 0 aromatic rings. The van der Waals surface area contributed by atoms with Crippen molar-refractivity contribution in [3.63, 3.8) is 0 Å². The zero-order valence-corrected chi connectivity index (χ0v) is 9.81. The molecule has 0 aliphatic carbocycles. The lowest BCUT2D eigenvalue weighted by molar-refractivity contribution is 0.201. The van der Waals surface area contributed by atoms with Crippen molar-refractivity contribution in [1.29, 1.82) is 0 Å². The Kier molecular flexibility index (Phi) is 3.70. The molecule has 1 aliphatic heterocycles. The molecule has 0 aromatic carbocycles. The molecule has 1 N–H and O–H groups in total. The molecule has 0 amide bonds. The molecule has 3 nitrogen and oxygen atoms in total. The molecule has 0 spiro atoms. The van der Waals surface area contributed by atoms with Crippen molar-refractivity contribution in [3.05, 3.63) is 0 Å². The van der Waals surface area contributed by atoms with Gasteiger partial charge in [-0.1, -0.05) is 0 Å². The fourth-order valence-electron chi connectivity index (χ4n) is 1.47. The average Bonchev–Trinajstić information content (AvgIpc) is 2.53. The summed E-state index contributed by atoms with van der Waals surface area (Å²) in [5.74, 6) is 0. The van der Waals surface area contributed by atoms with Crippen LogP contribution in [0, 0.1) is 0 Å². The number of rotatable bonds is 4. The van der Waals surface area contributed by atoms with E-state index in [1.165, 1.54) is 6.54 Å². The minimum atomic E-state index is -0.404. The minimum absolute atomic E-state index is 0.319. The average molecular weight is 188 g/mol. The van der Waals surface area contributed by atoms with Gasteiger partial charge in [0.1, 0.15) is 0 Å². The molecule has 1 saturated heterocycles. The van der Waals surface area contributed by atoms with E-state index in [4.69, 9.17) is 4.43 Å². The third-order valence-electron chi connectivity index (χ3n) is 2.38. The van der Waals surface area contributed by atoms with E-state index >= 15 is 0 Å². The molecule has 72 valence electrons. The van der Waals surface area contributed by atoms with Crippen LogP contribution in [0.4, 0.5) is 0 Å². The van der Waals surface area contributed by atoms with Crippen LogP contribution in [-0.2, 0) is 4.43 Å². The fourth-order valence-corrected chi connectivity index (χ4v) is 2.62. The number of hydrogen-bond acceptors (Lipinski definition) is 3. The van der Waals surface area contributed by atoms with Gasteiger partial charge in [0.05, 0.1) is 0 Å². The number of hydrogen-bond donors (Lipinski definition) is 1. The molecule has 0 radical (unpaired) electrons. The van der Waals surface area contributed by atoms with Crippen LogP contribution in [0.5, 0.6) is 0 Å². The first-order chi connectivity index (χ1) is 5.67. The van der Waals surface area contributed by atoms with Crippen molar-refractivity contribution in [3.8, 4) is 0 Å². The molecule has 0 atom stereocenters. The van der Waals surface area contributed by atoms with Crippen molar-refractivity contribution in [2.75, 3.05) is 26.4 Å². The van der Waals surface area contributed by atoms with Gasteiger partial charge in [0.2, 0.25) is 0 Å². The van der Waals surface area contributed by atoms with Crippen LogP contribution in [0.25, 0.3) is 0 Å². The summed E-state index contributed by atoms with van der Waals surface area (Å²) in [5.41, 5.74) is 0. The van der Waals surface area contributed by atoms with E-state index < -0.39 is 9.76 Å². The summed E-state index contributed by atoms with van der Waals surface area (Å²) >= 11 is 0. The fraction of sp³-hybridized carbons (Fsp3) is 1.00. The molecule has 0 aromatic heterocycles. The van der Waals surface area contributed by atoms with Gasteiger partial charge in [0.15, 0.2) is 9.76 Å². The molecule has 0 unspecified atom stereocenters. The summed E-state index contributed by atoms with van der Waals surface area (Å²) in [4.78, 5) is 2.48. The largest absolute Gasteiger partial charge is 0.422 e. The zero-order chi connectivity index (χ0) is 9.03. The highest BCUT2D eigenvalue weighted by atomic mass is 28.2. The van der Waals surface area contributed by atoms with E-state index in [1.807, 2.05) is 0 Å². The number of nitrogens with zero attached hydrogens (tertiary/aromatic N) is 1. The van der Waals surface area contributed by atoms with Gasteiger partial charge in [0.25, 0.3) is 0 Å². The van der Waals surface area contributed by atoms with E-state index in [0.717, 1.165) is 19.8 Å². The maximum atomic E-state index is 5.58. The monoisotopic (exact) mass is 188 g/mol. The summed E-state index contributed by atoms with van der Waals surface area (Å²) in [6.45, 7) is 10.9. The standard InChI is InChI=1S/C8H20N2OSi/c1-4-11-12-8(2,3)10-6-5-9-7-10/h9H,4-7,12H2,1-3H3. The van der Waals surface area contributed by atoms with Gasteiger partial charge >= 0.3 is 0 Å². The highest BCUT2D eigenvalue weighted by molar-refractivity contribution is 6.32. The van der Waals surface area contributed by atoms with Gasteiger partial charge < -0.3 is 9.74 Å². The first-order valence-electron chi connectivity index (χ1n) is 4.70. The molecule has 1 aliphatic rings. The third-order valence-corrected chi connectivity index (χ3v) is 4.14. The summed E-state index contributed by atoms with van der Waals surface area (Å²) in [6, 6.07) is 0. The van der Waals surface area contributed by atoms with Gasteiger partial charge in [-0.3, -0.25) is 4.90 Å². The topological polar surface area (TPSA) is 24.5 Å². The highest BCUT2D eigenvalue weighted by Gasteiger charge is 2.29. The van der Waals surface area contributed by atoms with E-state index in [0.29, 0.717) is 5.16 Å². The quantitative estimate of drug-likeness (QED) is 0.613. The van der Waals surface area contributed by atoms with E-state index in [2.05, 4.69) is 31.0 Å². The molecule has 4 heteroatoms. The molecule has 1 rings (SSSR count). The predicted molar refractivity (Wildman–Crippen MR) is 53.8 cm³/mol. The van der Waals surface area contributed by atoms with E-state index in [9.17, 15) is 0 Å². The van der Waals surface area contributed by atoms with Crippen molar-refractivity contribution in [2.24, 2.45) is 0 Å². The maximum Gasteiger partial charge on any atom is 0.180 e. The van der Waals surface area contributed by atoms with Crippen LogP contribution in [0.3, 0.4) is 0 Å². The Labute approximate surface area is 77.4 Å². The Morgan fingerprint density at radius 2 is 2.33 bits per heavy atom. The summed E-state index contributed by atoms with van der Waals surface area (Å²) in [7, 11) is -0.404. The van der Waals surface area contributed by atoms with Crippen molar-refractivity contribution in [1.82, 2.24) is 10.2 Å². The molecule has 0 saturated carbocycles. The normalized spacial score (nSPS) is 21.2. The maximum absolute atomic E-state index is 5.58. The van der Waals surface area contributed by atoms with Gasteiger partial charge in [-0.05, 0) is 20.8 Å². The van der Waals surface area contributed by atoms with Crippen LogP contribution in [0.2, 0.25) is 0 Å². The second-order valence-electron chi connectivity index (χ2n) is 3.87. The van der Waals surface area contributed by atoms with E-state index in [-0.39, 0.29) is 0 Å². The van der Waals surface area contributed by atoms with Crippen LogP contribution >= 0.6 is 0 Å². The van der Waals surface area contributed by atoms with Crippen LogP contribution in [0.1, 0.15) is 20.8 Å². The van der Waals surface area contributed by atoms with Gasteiger partial charge in [-0.25, -0.2) is 0 Å². The Morgan fingerprint density at radius 1 is 1.58 bits per heavy atom. The molecular formula is C8H20N2OSi. The summed E-state index contributed by atoms with van der Waals surface area (Å²) in [5, 5.41) is 3.67. The Hall–Kier alpha value is 0.0969. The Morgan fingerprint density at radius 3 is 2.83 bits per heavy atom.